The number of rotatable bonds is 4. The van der Waals surface area contributed by atoms with Crippen molar-refractivity contribution in [2.24, 2.45) is 5.92 Å². The highest BCUT2D eigenvalue weighted by molar-refractivity contribution is 5.93. The van der Waals surface area contributed by atoms with Crippen molar-refractivity contribution in [2.45, 2.75) is 64.1 Å². The van der Waals surface area contributed by atoms with Gasteiger partial charge < -0.3 is 14.6 Å². The van der Waals surface area contributed by atoms with Crippen LogP contribution in [0, 0.1) is 12.8 Å². The topological polar surface area (TPSA) is 58.4 Å². The van der Waals surface area contributed by atoms with Crippen LogP contribution in [0.5, 0.6) is 0 Å². The molecule has 1 amide bonds. The number of aryl methyl sites for hydroxylation is 1. The molecule has 0 bridgehead atoms. The molecule has 2 aliphatic rings. The first-order valence-corrected chi connectivity index (χ1v) is 9.42. The highest BCUT2D eigenvalue weighted by atomic mass is 19.4. The first kappa shape index (κ1) is 19.2. The van der Waals surface area contributed by atoms with Gasteiger partial charge in [-0.15, -0.1) is 0 Å². The van der Waals surface area contributed by atoms with Gasteiger partial charge in [-0.25, -0.2) is 4.98 Å². The van der Waals surface area contributed by atoms with Crippen LogP contribution < -0.4 is 5.32 Å². The number of carbonyl (C=O) groups is 1. The number of hydrogen-bond donors (Lipinski definition) is 1. The van der Waals surface area contributed by atoms with Crippen molar-refractivity contribution in [1.29, 1.82) is 0 Å². The number of nitrogens with zero attached hydrogens (tertiary/aromatic N) is 2. The number of aromatic nitrogens is 1. The maximum atomic E-state index is 13.1. The molecule has 1 aromatic rings. The van der Waals surface area contributed by atoms with Gasteiger partial charge in [0, 0.05) is 19.5 Å². The monoisotopic (exact) mass is 373 g/mol. The highest BCUT2D eigenvalue weighted by Crippen LogP contribution is 2.33. The van der Waals surface area contributed by atoms with Crippen LogP contribution in [0.2, 0.25) is 0 Å². The first-order valence-electron chi connectivity index (χ1n) is 9.42. The molecule has 1 unspecified atom stereocenters. The van der Waals surface area contributed by atoms with Crippen molar-refractivity contribution in [1.82, 2.24) is 15.2 Å². The van der Waals surface area contributed by atoms with Crippen LogP contribution in [-0.4, -0.2) is 41.5 Å². The highest BCUT2D eigenvalue weighted by Gasteiger charge is 2.42. The van der Waals surface area contributed by atoms with Gasteiger partial charge >= 0.3 is 6.18 Å². The van der Waals surface area contributed by atoms with E-state index < -0.39 is 23.5 Å². The summed E-state index contributed by atoms with van der Waals surface area (Å²) in [6, 6.07) is -0.115. The fraction of sp³-hybridized carbons (Fsp3) is 0.778. The third-order valence-electron chi connectivity index (χ3n) is 5.37. The van der Waals surface area contributed by atoms with E-state index in [2.05, 4.69) is 19.6 Å². The third kappa shape index (κ3) is 4.58. The molecule has 0 radical (unpaired) electrons. The Morgan fingerprint density at radius 2 is 1.88 bits per heavy atom. The zero-order chi connectivity index (χ0) is 18.7. The van der Waals surface area contributed by atoms with Crippen molar-refractivity contribution in [2.75, 3.05) is 19.6 Å². The summed E-state index contributed by atoms with van der Waals surface area (Å²) < 4.78 is 43.8. The Morgan fingerprint density at radius 1 is 1.19 bits per heavy atom. The first-order chi connectivity index (χ1) is 12.3. The van der Waals surface area contributed by atoms with E-state index in [-0.39, 0.29) is 17.9 Å². The van der Waals surface area contributed by atoms with Crippen LogP contribution in [0.4, 0.5) is 13.2 Å². The summed E-state index contributed by atoms with van der Waals surface area (Å²) >= 11 is 0. The second kappa shape index (κ2) is 7.98. The zero-order valence-electron chi connectivity index (χ0n) is 15.1. The standard InChI is InChI=1S/C18H26F3N3O2/c1-12-22-15(16(26-12)18(19,20)21)17(25)23-14-8-4-3-7-13(14)11-24-9-5-2-6-10-24/h13-14H,2-11H2,1H3,(H,23,25)/t13-,14?/m0/s1. The van der Waals surface area contributed by atoms with Gasteiger partial charge in [0.25, 0.3) is 5.91 Å². The molecule has 0 aromatic carbocycles. The van der Waals surface area contributed by atoms with E-state index in [0.29, 0.717) is 0 Å². The second-order valence-corrected chi connectivity index (χ2v) is 7.39. The van der Waals surface area contributed by atoms with Crippen molar-refractivity contribution < 1.29 is 22.4 Å². The number of piperidine rings is 1. The van der Waals surface area contributed by atoms with Gasteiger partial charge in [0.1, 0.15) is 0 Å². The lowest BCUT2D eigenvalue weighted by atomic mass is 9.83. The Labute approximate surface area is 151 Å². The molecule has 1 saturated heterocycles. The lowest BCUT2D eigenvalue weighted by Gasteiger charge is -2.37. The molecule has 1 aromatic heterocycles. The summed E-state index contributed by atoms with van der Waals surface area (Å²) in [5, 5.41) is 2.81. The molecule has 8 heteroatoms. The molecule has 146 valence electrons. The molecule has 1 aliphatic heterocycles. The molecule has 1 aliphatic carbocycles. The number of carbonyl (C=O) groups excluding carboxylic acids is 1. The number of alkyl halides is 3. The number of oxazole rings is 1. The van der Waals surface area contributed by atoms with E-state index in [1.165, 1.54) is 26.2 Å². The van der Waals surface area contributed by atoms with E-state index in [9.17, 15) is 18.0 Å². The van der Waals surface area contributed by atoms with Gasteiger partial charge in [-0.2, -0.15) is 13.2 Å². The summed E-state index contributed by atoms with van der Waals surface area (Å²) in [6.07, 6.45) is 2.77. The molecule has 3 rings (SSSR count). The Bertz CT molecular complexity index is 624. The summed E-state index contributed by atoms with van der Waals surface area (Å²) in [5.74, 6) is -1.98. The van der Waals surface area contributed by atoms with Gasteiger partial charge in [0.2, 0.25) is 5.76 Å². The lowest BCUT2D eigenvalue weighted by Crippen LogP contribution is -2.47. The van der Waals surface area contributed by atoms with Crippen LogP contribution in [0.3, 0.4) is 0 Å². The fourth-order valence-electron chi connectivity index (χ4n) is 4.10. The van der Waals surface area contributed by atoms with Gasteiger partial charge in [0.05, 0.1) is 0 Å². The smallest absolute Gasteiger partial charge is 0.436 e. The molecule has 2 heterocycles. The normalized spacial score (nSPS) is 25.2. The number of halogens is 3. The minimum absolute atomic E-state index is 0.115. The molecule has 1 saturated carbocycles. The Hall–Kier alpha value is -1.57. The van der Waals surface area contributed by atoms with E-state index >= 15 is 0 Å². The predicted molar refractivity (Wildman–Crippen MR) is 89.7 cm³/mol. The van der Waals surface area contributed by atoms with E-state index in [1.54, 1.807) is 0 Å². The van der Waals surface area contributed by atoms with Crippen molar-refractivity contribution in [3.63, 3.8) is 0 Å². The predicted octanol–water partition coefficient (Wildman–Crippen LogP) is 3.78. The average Bonchev–Trinajstić information content (AvgIpc) is 3.00. The lowest BCUT2D eigenvalue weighted by molar-refractivity contribution is -0.153. The summed E-state index contributed by atoms with van der Waals surface area (Å²) in [5.41, 5.74) is -0.655. The third-order valence-corrected chi connectivity index (χ3v) is 5.37. The summed E-state index contributed by atoms with van der Waals surface area (Å²) in [6.45, 7) is 4.34. The fourth-order valence-corrected chi connectivity index (χ4v) is 4.10. The summed E-state index contributed by atoms with van der Waals surface area (Å²) in [4.78, 5) is 18.6. The van der Waals surface area contributed by atoms with Crippen LogP contribution in [0.1, 0.15) is 67.1 Å². The van der Waals surface area contributed by atoms with Crippen molar-refractivity contribution in [3.8, 4) is 0 Å². The minimum atomic E-state index is -4.73. The van der Waals surface area contributed by atoms with Crippen LogP contribution in [0.25, 0.3) is 0 Å². The van der Waals surface area contributed by atoms with Gasteiger partial charge in [-0.1, -0.05) is 19.3 Å². The molecular weight excluding hydrogens is 347 g/mol. The molecule has 5 nitrogen and oxygen atoms in total. The quantitative estimate of drug-likeness (QED) is 0.873. The maximum Gasteiger partial charge on any atom is 0.452 e. The minimum Gasteiger partial charge on any atom is -0.436 e. The van der Waals surface area contributed by atoms with Gasteiger partial charge in [-0.05, 0) is 44.7 Å². The van der Waals surface area contributed by atoms with Crippen LogP contribution in [0.15, 0.2) is 4.42 Å². The van der Waals surface area contributed by atoms with Gasteiger partial charge in [0.15, 0.2) is 11.6 Å². The number of likely N-dealkylation sites (tertiary alicyclic amines) is 1. The van der Waals surface area contributed by atoms with Crippen molar-refractivity contribution >= 4 is 5.91 Å². The number of nitrogens with one attached hydrogen (secondary N) is 1. The molecule has 26 heavy (non-hydrogen) atoms. The van der Waals surface area contributed by atoms with Gasteiger partial charge in [-0.3, -0.25) is 4.79 Å². The molecular formula is C18H26F3N3O2. The Balaban J connectivity index is 1.68. The number of hydrogen-bond acceptors (Lipinski definition) is 4. The second-order valence-electron chi connectivity index (χ2n) is 7.39. The number of amides is 1. The van der Waals surface area contributed by atoms with E-state index in [1.807, 2.05) is 0 Å². The average molecular weight is 373 g/mol. The largest absolute Gasteiger partial charge is 0.452 e. The molecule has 0 spiro atoms. The molecule has 2 fully saturated rings. The molecule has 1 N–H and O–H groups in total. The zero-order valence-corrected chi connectivity index (χ0v) is 15.1. The molecule has 2 atom stereocenters. The Morgan fingerprint density at radius 3 is 2.58 bits per heavy atom. The maximum absolute atomic E-state index is 13.1. The summed E-state index contributed by atoms with van der Waals surface area (Å²) in [7, 11) is 0. The Kier molecular flexibility index (Phi) is 5.89. The SMILES string of the molecule is Cc1nc(C(=O)NC2CCCC[C@H]2CN2CCCCC2)c(C(F)(F)F)o1. The van der Waals surface area contributed by atoms with E-state index in [4.69, 9.17) is 0 Å². The van der Waals surface area contributed by atoms with Crippen LogP contribution in [-0.2, 0) is 6.18 Å². The van der Waals surface area contributed by atoms with Crippen LogP contribution >= 0.6 is 0 Å². The van der Waals surface area contributed by atoms with Crippen molar-refractivity contribution in [3.05, 3.63) is 17.3 Å². The van der Waals surface area contributed by atoms with E-state index in [0.717, 1.165) is 45.3 Å².